The van der Waals surface area contributed by atoms with Gasteiger partial charge in [-0.15, -0.1) is 5.10 Å². The zero-order valence-electron chi connectivity index (χ0n) is 14.3. The molecule has 0 saturated carbocycles. The van der Waals surface area contributed by atoms with Gasteiger partial charge in [-0.2, -0.15) is 0 Å². The van der Waals surface area contributed by atoms with E-state index in [4.69, 9.17) is 0 Å². The van der Waals surface area contributed by atoms with E-state index < -0.39 is 0 Å². The summed E-state index contributed by atoms with van der Waals surface area (Å²) in [5, 5.41) is 8.58. The maximum absolute atomic E-state index is 4.33. The van der Waals surface area contributed by atoms with Gasteiger partial charge in [0.15, 0.2) is 0 Å². The van der Waals surface area contributed by atoms with E-state index in [-0.39, 0.29) is 0 Å². The Bertz CT molecular complexity index is 405. The van der Waals surface area contributed by atoms with Gasteiger partial charge in [-0.1, -0.05) is 39.3 Å². The first kappa shape index (κ1) is 16.5. The van der Waals surface area contributed by atoms with Crippen LogP contribution in [0.5, 0.6) is 0 Å². The van der Waals surface area contributed by atoms with Gasteiger partial charge >= 0.3 is 0 Å². The van der Waals surface area contributed by atoms with Crippen LogP contribution in [0.2, 0.25) is 0 Å². The minimum atomic E-state index is 0.720. The molecule has 0 aromatic carbocycles. The summed E-state index contributed by atoms with van der Waals surface area (Å²) in [5.41, 5.74) is 1.13. The minimum Gasteiger partial charge on any atom is -0.297 e. The van der Waals surface area contributed by atoms with Crippen LogP contribution in [-0.2, 0) is 13.1 Å². The van der Waals surface area contributed by atoms with Crippen LogP contribution < -0.4 is 0 Å². The van der Waals surface area contributed by atoms with Crippen molar-refractivity contribution in [2.24, 2.45) is 17.8 Å². The van der Waals surface area contributed by atoms with E-state index in [1.807, 2.05) is 4.68 Å². The maximum atomic E-state index is 4.33. The Morgan fingerprint density at radius 2 is 1.95 bits per heavy atom. The van der Waals surface area contributed by atoms with Crippen molar-refractivity contribution >= 4 is 0 Å². The number of likely N-dealkylation sites (tertiary alicyclic amines) is 1. The number of piperidine rings is 1. The first-order chi connectivity index (χ1) is 10.1. The fraction of sp³-hybridized carbons (Fsp3) is 0.882. The summed E-state index contributed by atoms with van der Waals surface area (Å²) in [7, 11) is 0. The van der Waals surface area contributed by atoms with E-state index in [0.717, 1.165) is 36.5 Å². The van der Waals surface area contributed by atoms with Crippen LogP contribution in [0.25, 0.3) is 0 Å². The molecular formula is C17H32N4. The molecule has 2 rings (SSSR count). The lowest BCUT2D eigenvalue weighted by Crippen LogP contribution is -2.35. The summed E-state index contributed by atoms with van der Waals surface area (Å²) in [6, 6.07) is 0. The third-order valence-electron chi connectivity index (χ3n) is 4.99. The zero-order chi connectivity index (χ0) is 15.2. The molecule has 2 heterocycles. The molecule has 0 amide bonds. The molecule has 0 spiro atoms. The van der Waals surface area contributed by atoms with Gasteiger partial charge in [-0.05, 0) is 50.1 Å². The SMILES string of the molecule is CCC(C)C1CCN(Cc2cn(CCC(C)C)nn2)CC1. The monoisotopic (exact) mass is 292 g/mol. The van der Waals surface area contributed by atoms with Crippen molar-refractivity contribution in [1.82, 2.24) is 19.9 Å². The van der Waals surface area contributed by atoms with Crippen molar-refractivity contribution in [2.45, 2.75) is 66.5 Å². The molecule has 1 unspecified atom stereocenters. The predicted octanol–water partition coefficient (Wildman–Crippen LogP) is 3.58. The lowest BCUT2D eigenvalue weighted by Gasteiger charge is -2.34. The van der Waals surface area contributed by atoms with Gasteiger partial charge in [-0.3, -0.25) is 9.58 Å². The highest BCUT2D eigenvalue weighted by Crippen LogP contribution is 2.27. The van der Waals surface area contributed by atoms with Crippen LogP contribution >= 0.6 is 0 Å². The van der Waals surface area contributed by atoms with Gasteiger partial charge in [0.1, 0.15) is 0 Å². The van der Waals surface area contributed by atoms with Crippen LogP contribution in [-0.4, -0.2) is 33.0 Å². The molecule has 4 nitrogen and oxygen atoms in total. The molecule has 1 aromatic heterocycles. The Hall–Kier alpha value is -0.900. The highest BCUT2D eigenvalue weighted by molar-refractivity contribution is 4.93. The normalized spacial score (nSPS) is 19.3. The maximum Gasteiger partial charge on any atom is 0.0967 e. The van der Waals surface area contributed by atoms with E-state index in [2.05, 4.69) is 49.1 Å². The number of aromatic nitrogens is 3. The second-order valence-corrected chi connectivity index (χ2v) is 7.15. The van der Waals surface area contributed by atoms with Crippen LogP contribution in [0.4, 0.5) is 0 Å². The molecule has 120 valence electrons. The quantitative estimate of drug-likeness (QED) is 0.770. The largest absolute Gasteiger partial charge is 0.297 e. The number of hydrogen-bond acceptors (Lipinski definition) is 3. The molecular weight excluding hydrogens is 260 g/mol. The van der Waals surface area contributed by atoms with E-state index in [0.29, 0.717) is 0 Å². The predicted molar refractivity (Wildman–Crippen MR) is 86.9 cm³/mol. The van der Waals surface area contributed by atoms with Crippen molar-refractivity contribution in [1.29, 1.82) is 0 Å². The summed E-state index contributed by atoms with van der Waals surface area (Å²) >= 11 is 0. The van der Waals surface area contributed by atoms with E-state index >= 15 is 0 Å². The molecule has 1 saturated heterocycles. The number of aryl methyl sites for hydroxylation is 1. The van der Waals surface area contributed by atoms with Gasteiger partial charge in [0, 0.05) is 19.3 Å². The summed E-state index contributed by atoms with van der Waals surface area (Å²) in [4.78, 5) is 2.54. The minimum absolute atomic E-state index is 0.720. The van der Waals surface area contributed by atoms with Gasteiger partial charge in [-0.25, -0.2) is 0 Å². The second-order valence-electron chi connectivity index (χ2n) is 7.15. The fourth-order valence-electron chi connectivity index (χ4n) is 3.15. The lowest BCUT2D eigenvalue weighted by molar-refractivity contribution is 0.144. The number of nitrogens with zero attached hydrogens (tertiary/aromatic N) is 4. The summed E-state index contributed by atoms with van der Waals surface area (Å²) in [6.07, 6.45) is 7.30. The van der Waals surface area contributed by atoms with Gasteiger partial charge < -0.3 is 0 Å². The van der Waals surface area contributed by atoms with Crippen LogP contribution in [0.3, 0.4) is 0 Å². The van der Waals surface area contributed by atoms with Crippen LogP contribution in [0.1, 0.15) is 59.1 Å². The number of hydrogen-bond donors (Lipinski definition) is 0. The second kappa shape index (κ2) is 7.92. The molecule has 1 aliphatic rings. The summed E-state index contributed by atoms with van der Waals surface area (Å²) in [6.45, 7) is 13.6. The first-order valence-corrected chi connectivity index (χ1v) is 8.69. The molecule has 0 aliphatic carbocycles. The average Bonchev–Trinajstić information content (AvgIpc) is 2.92. The van der Waals surface area contributed by atoms with Crippen molar-refractivity contribution in [3.8, 4) is 0 Å². The Labute approximate surface area is 129 Å². The Balaban J connectivity index is 1.76. The Morgan fingerprint density at radius 3 is 2.57 bits per heavy atom. The molecule has 1 fully saturated rings. The zero-order valence-corrected chi connectivity index (χ0v) is 14.3. The number of rotatable bonds is 7. The van der Waals surface area contributed by atoms with Crippen molar-refractivity contribution in [2.75, 3.05) is 13.1 Å². The third kappa shape index (κ3) is 5.10. The lowest BCUT2D eigenvalue weighted by atomic mass is 9.84. The standard InChI is InChI=1S/C17H32N4/c1-5-15(4)16-7-9-20(10-8-16)12-17-13-21(19-18-17)11-6-14(2)3/h13-16H,5-12H2,1-4H3. The topological polar surface area (TPSA) is 34.0 Å². The average molecular weight is 292 g/mol. The molecule has 21 heavy (non-hydrogen) atoms. The Morgan fingerprint density at radius 1 is 1.24 bits per heavy atom. The Kier molecular flexibility index (Phi) is 6.22. The molecule has 0 radical (unpaired) electrons. The van der Waals surface area contributed by atoms with Gasteiger partial charge in [0.2, 0.25) is 0 Å². The van der Waals surface area contributed by atoms with E-state index in [1.54, 1.807) is 0 Å². The van der Waals surface area contributed by atoms with Gasteiger partial charge in [0.05, 0.1) is 5.69 Å². The molecule has 4 heteroatoms. The summed E-state index contributed by atoms with van der Waals surface area (Å²) < 4.78 is 2.00. The molecule has 0 bridgehead atoms. The van der Waals surface area contributed by atoms with Crippen molar-refractivity contribution < 1.29 is 0 Å². The molecule has 1 atom stereocenters. The highest BCUT2D eigenvalue weighted by atomic mass is 15.4. The highest BCUT2D eigenvalue weighted by Gasteiger charge is 2.23. The smallest absolute Gasteiger partial charge is 0.0967 e. The first-order valence-electron chi connectivity index (χ1n) is 8.69. The van der Waals surface area contributed by atoms with Gasteiger partial charge in [0.25, 0.3) is 0 Å². The summed E-state index contributed by atoms with van der Waals surface area (Å²) in [5.74, 6) is 2.52. The fourth-order valence-corrected chi connectivity index (χ4v) is 3.15. The molecule has 0 N–H and O–H groups in total. The van der Waals surface area contributed by atoms with Crippen molar-refractivity contribution in [3.05, 3.63) is 11.9 Å². The van der Waals surface area contributed by atoms with E-state index in [9.17, 15) is 0 Å². The van der Waals surface area contributed by atoms with Crippen LogP contribution in [0, 0.1) is 17.8 Å². The van der Waals surface area contributed by atoms with Crippen molar-refractivity contribution in [3.63, 3.8) is 0 Å². The molecule has 1 aliphatic heterocycles. The third-order valence-corrected chi connectivity index (χ3v) is 4.99. The van der Waals surface area contributed by atoms with E-state index in [1.165, 1.54) is 38.8 Å². The molecule has 1 aromatic rings. The van der Waals surface area contributed by atoms with Crippen LogP contribution in [0.15, 0.2) is 6.20 Å².